The van der Waals surface area contributed by atoms with Gasteiger partial charge in [0.05, 0.1) is 23.7 Å². The van der Waals surface area contributed by atoms with E-state index in [1.807, 2.05) is 12.1 Å². The molecule has 0 aliphatic heterocycles. The summed E-state index contributed by atoms with van der Waals surface area (Å²) in [6.45, 7) is 4.15. The number of aromatic hydroxyl groups is 1. The van der Waals surface area contributed by atoms with Crippen LogP contribution in [0.3, 0.4) is 0 Å². The predicted molar refractivity (Wildman–Crippen MR) is 121 cm³/mol. The third kappa shape index (κ3) is 7.45. The normalized spacial score (nSPS) is 10.8. The molecular weight excluding hydrogens is 409 g/mol. The monoisotopic (exact) mass is 437 g/mol. The maximum absolute atomic E-state index is 12.1. The van der Waals surface area contributed by atoms with Crippen LogP contribution < -0.4 is 10.1 Å². The maximum Gasteiger partial charge on any atom is 0.227 e. The molecule has 0 atom stereocenters. The fourth-order valence-electron chi connectivity index (χ4n) is 2.96. The second-order valence-electron chi connectivity index (χ2n) is 7.15. The lowest BCUT2D eigenvalue weighted by Crippen LogP contribution is -2.15. The van der Waals surface area contributed by atoms with Crippen LogP contribution in [0.1, 0.15) is 56.6 Å². The van der Waals surface area contributed by atoms with Crippen molar-refractivity contribution in [1.29, 1.82) is 0 Å². The van der Waals surface area contributed by atoms with Crippen molar-refractivity contribution >= 4 is 34.8 Å². The molecule has 0 spiro atoms. The first-order valence-electron chi connectivity index (χ1n) is 10.1. The lowest BCUT2D eigenvalue weighted by molar-refractivity contribution is -0.116. The number of unbranched alkanes of at least 4 members (excludes halogenated alkanes) is 4. The zero-order chi connectivity index (χ0) is 21.2. The number of hydrogen-bond donors (Lipinski definition) is 2. The molecule has 2 aromatic rings. The first kappa shape index (κ1) is 23.4. The Morgan fingerprint density at radius 1 is 1.10 bits per heavy atom. The number of hydrogen-bond acceptors (Lipinski definition) is 3. The first-order chi connectivity index (χ1) is 13.9. The molecule has 0 saturated carbocycles. The van der Waals surface area contributed by atoms with E-state index in [0.29, 0.717) is 10.6 Å². The molecule has 0 heterocycles. The van der Waals surface area contributed by atoms with Crippen molar-refractivity contribution < 1.29 is 14.6 Å². The van der Waals surface area contributed by atoms with Crippen LogP contribution in [0.25, 0.3) is 0 Å². The highest BCUT2D eigenvalue weighted by atomic mass is 35.5. The van der Waals surface area contributed by atoms with Gasteiger partial charge in [0.25, 0.3) is 0 Å². The van der Waals surface area contributed by atoms with Crippen LogP contribution in [0, 0.1) is 6.92 Å². The summed E-state index contributed by atoms with van der Waals surface area (Å²) in [5, 5.41) is 13.2. The molecular formula is C23H29Cl2NO3. The molecule has 0 saturated heterocycles. The lowest BCUT2D eigenvalue weighted by atomic mass is 10.1. The smallest absolute Gasteiger partial charge is 0.227 e. The summed E-state index contributed by atoms with van der Waals surface area (Å²) in [4.78, 5) is 12.1. The third-order valence-corrected chi connectivity index (χ3v) is 5.64. The largest absolute Gasteiger partial charge is 0.504 e. The number of carbonyl (C=O) groups excluding carboxylic acids is 1. The fourth-order valence-corrected chi connectivity index (χ4v) is 3.41. The number of nitrogens with one attached hydrogen (secondary N) is 1. The van der Waals surface area contributed by atoms with Gasteiger partial charge < -0.3 is 15.2 Å². The number of ether oxygens (including phenoxy) is 1. The van der Waals surface area contributed by atoms with E-state index in [-0.39, 0.29) is 35.4 Å². The molecule has 1 amide bonds. The Balaban J connectivity index is 1.75. The van der Waals surface area contributed by atoms with Crippen LogP contribution in [0.15, 0.2) is 30.3 Å². The van der Waals surface area contributed by atoms with Gasteiger partial charge in [-0.2, -0.15) is 0 Å². The SMILES string of the molecule is CCCCCCCc1ccc(OCCC(=O)Nc2cc(Cl)c(C)c(Cl)c2O)cc1. The molecule has 2 aromatic carbocycles. The predicted octanol–water partition coefficient (Wildman–Crippen LogP) is 6.93. The molecule has 29 heavy (non-hydrogen) atoms. The van der Waals surface area contributed by atoms with Crippen LogP contribution >= 0.6 is 23.2 Å². The molecule has 0 fully saturated rings. The van der Waals surface area contributed by atoms with Crippen molar-refractivity contribution in [2.45, 2.75) is 58.8 Å². The van der Waals surface area contributed by atoms with Crippen molar-refractivity contribution in [2.24, 2.45) is 0 Å². The average molecular weight is 438 g/mol. The Hall–Kier alpha value is -1.91. The molecule has 6 heteroatoms. The topological polar surface area (TPSA) is 58.6 Å². The van der Waals surface area contributed by atoms with Crippen molar-refractivity contribution in [1.82, 2.24) is 0 Å². The first-order valence-corrected chi connectivity index (χ1v) is 10.9. The second-order valence-corrected chi connectivity index (χ2v) is 7.93. The fraction of sp³-hybridized carbons (Fsp3) is 0.435. The number of phenols is 1. The van der Waals surface area contributed by atoms with Gasteiger partial charge >= 0.3 is 0 Å². The van der Waals surface area contributed by atoms with Crippen molar-refractivity contribution in [3.05, 3.63) is 51.5 Å². The Morgan fingerprint density at radius 3 is 2.48 bits per heavy atom. The number of benzene rings is 2. The number of aryl methyl sites for hydroxylation is 1. The summed E-state index contributed by atoms with van der Waals surface area (Å²) in [5.74, 6) is 0.255. The number of anilines is 1. The number of amides is 1. The van der Waals surface area contributed by atoms with E-state index in [1.54, 1.807) is 6.92 Å². The van der Waals surface area contributed by atoms with Gasteiger partial charge in [-0.25, -0.2) is 0 Å². The van der Waals surface area contributed by atoms with Crippen LogP contribution in [-0.4, -0.2) is 17.6 Å². The van der Waals surface area contributed by atoms with E-state index in [0.717, 1.165) is 12.2 Å². The van der Waals surface area contributed by atoms with Gasteiger partial charge in [-0.15, -0.1) is 0 Å². The van der Waals surface area contributed by atoms with Gasteiger partial charge in [-0.3, -0.25) is 4.79 Å². The van der Waals surface area contributed by atoms with Crippen LogP contribution in [-0.2, 0) is 11.2 Å². The molecule has 2 rings (SSSR count). The van der Waals surface area contributed by atoms with Crippen LogP contribution in [0.4, 0.5) is 5.69 Å². The van der Waals surface area contributed by atoms with Gasteiger partial charge in [0.15, 0.2) is 5.75 Å². The number of phenolic OH excluding ortho intramolecular Hbond substituents is 1. The van der Waals surface area contributed by atoms with Gasteiger partial charge in [0, 0.05) is 5.02 Å². The molecule has 0 radical (unpaired) electrons. The van der Waals surface area contributed by atoms with Gasteiger partial charge in [-0.05, 0) is 49.1 Å². The summed E-state index contributed by atoms with van der Waals surface area (Å²) >= 11 is 12.1. The molecule has 0 unspecified atom stereocenters. The molecule has 0 aromatic heterocycles. The number of rotatable bonds is 11. The zero-order valence-electron chi connectivity index (χ0n) is 17.1. The van der Waals surface area contributed by atoms with Gasteiger partial charge in [0.2, 0.25) is 5.91 Å². The maximum atomic E-state index is 12.1. The number of carbonyl (C=O) groups is 1. The van der Waals surface area contributed by atoms with E-state index in [4.69, 9.17) is 27.9 Å². The molecule has 0 aliphatic rings. The van der Waals surface area contributed by atoms with E-state index in [2.05, 4.69) is 24.4 Å². The molecule has 4 nitrogen and oxygen atoms in total. The molecule has 0 bridgehead atoms. The van der Waals surface area contributed by atoms with Gasteiger partial charge in [0.1, 0.15) is 5.75 Å². The van der Waals surface area contributed by atoms with E-state index in [9.17, 15) is 9.90 Å². The highest BCUT2D eigenvalue weighted by molar-refractivity contribution is 6.37. The zero-order valence-corrected chi connectivity index (χ0v) is 18.6. The Morgan fingerprint density at radius 2 is 1.79 bits per heavy atom. The highest BCUT2D eigenvalue weighted by Gasteiger charge is 2.14. The summed E-state index contributed by atoms with van der Waals surface area (Å²) in [6.07, 6.45) is 7.58. The number of halogens is 2. The van der Waals surface area contributed by atoms with E-state index < -0.39 is 0 Å². The minimum absolute atomic E-state index is 0.134. The van der Waals surface area contributed by atoms with Crippen molar-refractivity contribution in [3.63, 3.8) is 0 Å². The van der Waals surface area contributed by atoms with Crippen LogP contribution in [0.5, 0.6) is 11.5 Å². The average Bonchev–Trinajstić information content (AvgIpc) is 2.71. The lowest BCUT2D eigenvalue weighted by Gasteiger charge is -2.12. The quantitative estimate of drug-likeness (QED) is 0.296. The standard InChI is InChI=1S/C23H29Cl2NO3/c1-3-4-5-6-7-8-17-9-11-18(12-10-17)29-14-13-21(27)26-20-15-19(24)16(2)22(25)23(20)28/h9-12,15,28H,3-8,13-14H2,1-2H3,(H,26,27). The molecule has 0 aliphatic carbocycles. The highest BCUT2D eigenvalue weighted by Crippen LogP contribution is 2.38. The van der Waals surface area contributed by atoms with Crippen LogP contribution in [0.2, 0.25) is 10.0 Å². The Bertz CT molecular complexity index is 807. The molecule has 158 valence electrons. The van der Waals surface area contributed by atoms with E-state index in [1.165, 1.54) is 43.7 Å². The summed E-state index contributed by atoms with van der Waals surface area (Å²) in [6, 6.07) is 9.50. The second kappa shape index (κ2) is 11.9. The third-order valence-electron chi connectivity index (χ3n) is 4.79. The van der Waals surface area contributed by atoms with E-state index >= 15 is 0 Å². The van der Waals surface area contributed by atoms with Crippen molar-refractivity contribution in [3.8, 4) is 11.5 Å². The van der Waals surface area contributed by atoms with Crippen molar-refractivity contribution in [2.75, 3.05) is 11.9 Å². The Labute approximate surface area is 183 Å². The summed E-state index contributed by atoms with van der Waals surface area (Å²) < 4.78 is 5.65. The summed E-state index contributed by atoms with van der Waals surface area (Å²) in [5.41, 5.74) is 2.06. The minimum atomic E-state index is -0.292. The van der Waals surface area contributed by atoms with Gasteiger partial charge in [-0.1, -0.05) is 67.9 Å². The molecule has 2 N–H and O–H groups in total. The summed E-state index contributed by atoms with van der Waals surface area (Å²) in [7, 11) is 0. The minimum Gasteiger partial charge on any atom is -0.504 e. The Kier molecular flexibility index (Phi) is 9.62.